The average Bonchev–Trinajstić information content (AvgIpc) is 2.80. The molecule has 128 valence electrons. The molecule has 0 aliphatic carbocycles. The van der Waals surface area contributed by atoms with E-state index in [0.717, 1.165) is 22.4 Å². The normalized spacial score (nSPS) is 14.5. The van der Waals surface area contributed by atoms with Crippen LogP contribution in [0.5, 0.6) is 5.75 Å². The van der Waals surface area contributed by atoms with Crippen LogP contribution in [-0.4, -0.2) is 23.8 Å². The largest absolute Gasteiger partial charge is 0.497 e. The van der Waals surface area contributed by atoms with Gasteiger partial charge in [-0.3, -0.25) is 14.5 Å². The molecule has 2 aromatic rings. The minimum absolute atomic E-state index is 0.0227. The number of hydrogen-bond donors (Lipinski definition) is 0. The Bertz CT molecular complexity index is 884. The Balaban J connectivity index is 1.90. The van der Waals surface area contributed by atoms with Gasteiger partial charge in [0, 0.05) is 0 Å². The Kier molecular flexibility index (Phi) is 4.64. The van der Waals surface area contributed by atoms with Gasteiger partial charge >= 0.3 is 0 Å². The van der Waals surface area contributed by atoms with Crippen LogP contribution in [0.3, 0.4) is 0 Å². The first kappa shape index (κ1) is 17.2. The van der Waals surface area contributed by atoms with Crippen molar-refractivity contribution in [3.05, 3.63) is 69.8 Å². The minimum atomic E-state index is -0.461. The molecule has 2 amide bonds. The van der Waals surface area contributed by atoms with Gasteiger partial charge in [-0.25, -0.2) is 0 Å². The molecule has 0 aromatic heterocycles. The average molecular weight is 356 g/mol. The fourth-order valence-electron chi connectivity index (χ4n) is 2.93. The second-order valence-corrected chi connectivity index (χ2v) is 6.43. The number of imide groups is 1. The zero-order valence-corrected chi connectivity index (χ0v) is 15.1. The predicted molar refractivity (Wildman–Crippen MR) is 97.2 cm³/mol. The van der Waals surface area contributed by atoms with Crippen LogP contribution in [0, 0.1) is 13.8 Å². The first-order valence-corrected chi connectivity index (χ1v) is 8.26. The summed E-state index contributed by atoms with van der Waals surface area (Å²) >= 11 is 6.23. The summed E-state index contributed by atoms with van der Waals surface area (Å²) in [5.41, 5.74) is 3.81. The number of rotatable bonds is 4. The maximum absolute atomic E-state index is 12.8. The Hall–Kier alpha value is -2.59. The van der Waals surface area contributed by atoms with Gasteiger partial charge in [-0.2, -0.15) is 0 Å². The second kappa shape index (κ2) is 6.73. The van der Waals surface area contributed by atoms with Crippen LogP contribution < -0.4 is 4.74 Å². The summed E-state index contributed by atoms with van der Waals surface area (Å²) in [7, 11) is 1.59. The molecule has 0 atom stereocenters. The molecular formula is C20H18ClNO3. The molecule has 0 spiro atoms. The lowest BCUT2D eigenvalue weighted by molar-refractivity contribution is -0.137. The molecule has 0 unspecified atom stereocenters. The molecule has 3 rings (SSSR count). The van der Waals surface area contributed by atoms with E-state index in [9.17, 15) is 9.59 Å². The topological polar surface area (TPSA) is 46.6 Å². The van der Waals surface area contributed by atoms with Gasteiger partial charge in [0.2, 0.25) is 0 Å². The van der Waals surface area contributed by atoms with Crippen molar-refractivity contribution in [3.8, 4) is 5.75 Å². The Morgan fingerprint density at radius 1 is 1.00 bits per heavy atom. The van der Waals surface area contributed by atoms with Crippen LogP contribution in [-0.2, 0) is 16.1 Å². The highest BCUT2D eigenvalue weighted by atomic mass is 35.5. The fourth-order valence-corrected chi connectivity index (χ4v) is 3.22. The van der Waals surface area contributed by atoms with E-state index in [1.807, 2.05) is 44.2 Å². The lowest BCUT2D eigenvalue weighted by Gasteiger charge is -2.15. The molecule has 25 heavy (non-hydrogen) atoms. The van der Waals surface area contributed by atoms with E-state index in [2.05, 4.69) is 0 Å². The second-order valence-electron chi connectivity index (χ2n) is 6.05. The van der Waals surface area contributed by atoms with Crippen molar-refractivity contribution in [1.82, 2.24) is 4.90 Å². The predicted octanol–water partition coefficient (Wildman–Crippen LogP) is 3.83. The van der Waals surface area contributed by atoms with Crippen molar-refractivity contribution in [2.24, 2.45) is 0 Å². The first-order chi connectivity index (χ1) is 11.9. The van der Waals surface area contributed by atoms with Crippen LogP contribution in [0.15, 0.2) is 47.5 Å². The number of carbonyl (C=O) groups excluding carboxylic acids is 2. The molecule has 5 heteroatoms. The fraction of sp³-hybridized carbons (Fsp3) is 0.200. The van der Waals surface area contributed by atoms with Crippen molar-refractivity contribution in [1.29, 1.82) is 0 Å². The number of ether oxygens (including phenoxy) is 1. The molecule has 4 nitrogen and oxygen atoms in total. The number of halogens is 1. The summed E-state index contributed by atoms with van der Waals surface area (Å²) in [6.45, 7) is 4.06. The third-order valence-electron chi connectivity index (χ3n) is 4.26. The van der Waals surface area contributed by atoms with Gasteiger partial charge in [-0.05, 0) is 42.7 Å². The molecule has 1 aliphatic rings. The summed E-state index contributed by atoms with van der Waals surface area (Å²) < 4.78 is 5.12. The maximum Gasteiger partial charge on any atom is 0.273 e. The highest BCUT2D eigenvalue weighted by Crippen LogP contribution is 2.34. The molecule has 2 aromatic carbocycles. The first-order valence-electron chi connectivity index (χ1n) is 7.89. The van der Waals surface area contributed by atoms with Gasteiger partial charge in [0.15, 0.2) is 0 Å². The number of benzene rings is 2. The number of methoxy groups -OCH3 is 1. The van der Waals surface area contributed by atoms with Crippen LogP contribution in [0.1, 0.15) is 22.3 Å². The summed E-state index contributed by atoms with van der Waals surface area (Å²) in [5, 5.41) is -0.0227. The van der Waals surface area contributed by atoms with Crippen LogP contribution >= 0.6 is 11.6 Å². The lowest BCUT2D eigenvalue weighted by Crippen LogP contribution is -2.30. The maximum atomic E-state index is 12.8. The number of carbonyl (C=O) groups is 2. The van der Waals surface area contributed by atoms with Crippen LogP contribution in [0.4, 0.5) is 0 Å². The minimum Gasteiger partial charge on any atom is -0.497 e. The standard InChI is InChI=1S/C20H18ClNO3/c1-12-4-9-16(13(2)10-12)17-18(21)20(24)22(19(17)23)11-14-5-7-15(25-3)8-6-14/h4-10H,11H2,1-3H3. The molecule has 0 saturated carbocycles. The van der Waals surface area contributed by atoms with Crippen LogP contribution in [0.2, 0.25) is 0 Å². The van der Waals surface area contributed by atoms with E-state index in [-0.39, 0.29) is 23.1 Å². The van der Waals surface area contributed by atoms with E-state index in [1.54, 1.807) is 19.2 Å². The molecule has 0 saturated heterocycles. The van der Waals surface area contributed by atoms with Crippen molar-refractivity contribution < 1.29 is 14.3 Å². The van der Waals surface area contributed by atoms with E-state index in [4.69, 9.17) is 16.3 Å². The SMILES string of the molecule is COc1ccc(CN2C(=O)C(Cl)=C(c3ccc(C)cc3C)C2=O)cc1. The highest BCUT2D eigenvalue weighted by Gasteiger charge is 2.38. The number of amides is 2. The van der Waals surface area contributed by atoms with Gasteiger partial charge < -0.3 is 4.74 Å². The third-order valence-corrected chi connectivity index (χ3v) is 4.61. The van der Waals surface area contributed by atoms with Gasteiger partial charge in [-0.1, -0.05) is 47.5 Å². The van der Waals surface area contributed by atoms with E-state index in [1.165, 1.54) is 4.90 Å². The lowest BCUT2D eigenvalue weighted by atomic mass is 9.99. The number of hydrogen-bond acceptors (Lipinski definition) is 3. The molecular weight excluding hydrogens is 338 g/mol. The molecule has 0 N–H and O–H groups in total. The Morgan fingerprint density at radius 2 is 1.68 bits per heavy atom. The van der Waals surface area contributed by atoms with E-state index in [0.29, 0.717) is 5.56 Å². The summed E-state index contributed by atoms with van der Waals surface area (Å²) in [6, 6.07) is 12.9. The molecule has 1 heterocycles. The monoisotopic (exact) mass is 355 g/mol. The summed E-state index contributed by atoms with van der Waals surface area (Å²) in [4.78, 5) is 26.5. The smallest absolute Gasteiger partial charge is 0.273 e. The van der Waals surface area contributed by atoms with Gasteiger partial charge in [-0.15, -0.1) is 0 Å². The highest BCUT2D eigenvalue weighted by molar-refractivity contribution is 6.55. The zero-order chi connectivity index (χ0) is 18.1. The molecule has 0 bridgehead atoms. The number of aryl methyl sites for hydroxylation is 2. The Labute approximate surface area is 151 Å². The van der Waals surface area contributed by atoms with Crippen molar-refractivity contribution >= 4 is 29.0 Å². The molecule has 1 aliphatic heterocycles. The van der Waals surface area contributed by atoms with Crippen LogP contribution in [0.25, 0.3) is 5.57 Å². The van der Waals surface area contributed by atoms with E-state index < -0.39 is 5.91 Å². The van der Waals surface area contributed by atoms with E-state index >= 15 is 0 Å². The van der Waals surface area contributed by atoms with Gasteiger partial charge in [0.05, 0.1) is 19.2 Å². The van der Waals surface area contributed by atoms with Crippen molar-refractivity contribution in [2.45, 2.75) is 20.4 Å². The molecule has 0 radical (unpaired) electrons. The summed E-state index contributed by atoms with van der Waals surface area (Å²) in [5.74, 6) is -0.106. The third kappa shape index (κ3) is 3.17. The zero-order valence-electron chi connectivity index (χ0n) is 14.3. The summed E-state index contributed by atoms with van der Waals surface area (Å²) in [6.07, 6.45) is 0. The Morgan fingerprint density at radius 3 is 2.28 bits per heavy atom. The van der Waals surface area contributed by atoms with Gasteiger partial charge in [0.1, 0.15) is 10.8 Å². The van der Waals surface area contributed by atoms with Gasteiger partial charge in [0.25, 0.3) is 11.8 Å². The quantitative estimate of drug-likeness (QED) is 0.783. The van der Waals surface area contributed by atoms with Crippen molar-refractivity contribution in [3.63, 3.8) is 0 Å². The molecule has 0 fully saturated rings. The van der Waals surface area contributed by atoms with Crippen molar-refractivity contribution in [2.75, 3.05) is 7.11 Å². The number of nitrogens with zero attached hydrogens (tertiary/aromatic N) is 1.